The molecular formula is C10H7Cl2F3INO2. The van der Waals surface area contributed by atoms with E-state index in [0.717, 1.165) is 0 Å². The van der Waals surface area contributed by atoms with Gasteiger partial charge in [-0.3, -0.25) is 4.79 Å². The van der Waals surface area contributed by atoms with E-state index in [4.69, 9.17) is 28.3 Å². The average molecular weight is 428 g/mol. The van der Waals surface area contributed by atoms with Crippen molar-refractivity contribution in [3.63, 3.8) is 0 Å². The van der Waals surface area contributed by atoms with Crippen molar-refractivity contribution in [2.75, 3.05) is 6.54 Å². The highest BCUT2D eigenvalue weighted by molar-refractivity contribution is 14.1. The molecule has 3 nitrogen and oxygen atoms in total. The number of amides is 1. The van der Waals surface area contributed by atoms with Crippen LogP contribution in [0.5, 0.6) is 0 Å². The topological polar surface area (TPSA) is 49.3 Å². The van der Waals surface area contributed by atoms with Crippen molar-refractivity contribution >= 4 is 51.7 Å². The van der Waals surface area contributed by atoms with Crippen LogP contribution in [0.1, 0.15) is 10.4 Å². The molecule has 0 aliphatic heterocycles. The quantitative estimate of drug-likeness (QED) is 0.574. The molecule has 0 saturated heterocycles. The van der Waals surface area contributed by atoms with Crippen LogP contribution < -0.4 is 5.32 Å². The van der Waals surface area contributed by atoms with Crippen molar-refractivity contribution in [1.29, 1.82) is 0 Å². The fourth-order valence-corrected chi connectivity index (χ4v) is 2.17. The molecule has 0 fully saturated rings. The number of alkyl halides is 3. The Balaban J connectivity index is 2.80. The molecule has 2 N–H and O–H groups in total. The molecule has 0 heterocycles. The van der Waals surface area contributed by atoms with Crippen molar-refractivity contribution < 1.29 is 23.1 Å². The van der Waals surface area contributed by atoms with Crippen LogP contribution in [0.4, 0.5) is 13.2 Å². The van der Waals surface area contributed by atoms with E-state index in [0.29, 0.717) is 3.57 Å². The van der Waals surface area contributed by atoms with E-state index in [-0.39, 0.29) is 15.6 Å². The third-order valence-corrected chi connectivity index (χ3v) is 4.07. The van der Waals surface area contributed by atoms with E-state index in [1.807, 2.05) is 5.32 Å². The first kappa shape index (κ1) is 16.8. The van der Waals surface area contributed by atoms with Gasteiger partial charge in [-0.2, -0.15) is 13.2 Å². The first-order chi connectivity index (χ1) is 8.62. The minimum atomic E-state index is -4.79. The number of rotatable bonds is 3. The van der Waals surface area contributed by atoms with Gasteiger partial charge in [0.2, 0.25) is 0 Å². The molecule has 1 atom stereocenters. The molecule has 0 aliphatic carbocycles. The highest BCUT2D eigenvalue weighted by Crippen LogP contribution is 2.27. The number of carbonyl (C=O) groups excluding carboxylic acids is 1. The molecule has 0 radical (unpaired) electrons. The highest BCUT2D eigenvalue weighted by atomic mass is 127. The van der Waals surface area contributed by atoms with Gasteiger partial charge in [-0.1, -0.05) is 23.2 Å². The van der Waals surface area contributed by atoms with Crippen molar-refractivity contribution in [1.82, 2.24) is 5.32 Å². The predicted octanol–water partition coefficient (Wildman–Crippen LogP) is 3.25. The van der Waals surface area contributed by atoms with Gasteiger partial charge in [0.1, 0.15) is 0 Å². The van der Waals surface area contributed by atoms with Gasteiger partial charge >= 0.3 is 6.18 Å². The lowest BCUT2D eigenvalue weighted by atomic mass is 10.2. The van der Waals surface area contributed by atoms with Crippen LogP contribution in [0, 0.1) is 3.57 Å². The molecule has 1 aromatic carbocycles. The molecule has 1 unspecified atom stereocenters. The maximum Gasteiger partial charge on any atom is 0.416 e. The molecule has 1 rings (SSSR count). The fourth-order valence-electron chi connectivity index (χ4n) is 1.12. The molecule has 0 spiro atoms. The second-order valence-electron chi connectivity index (χ2n) is 3.52. The fraction of sp³-hybridized carbons (Fsp3) is 0.300. The summed E-state index contributed by atoms with van der Waals surface area (Å²) in [5.74, 6) is -0.794. The minimum absolute atomic E-state index is 0.0486. The Morgan fingerprint density at radius 3 is 2.53 bits per heavy atom. The normalized spacial score (nSPS) is 13.2. The van der Waals surface area contributed by atoms with Crippen LogP contribution in [0.2, 0.25) is 10.0 Å². The summed E-state index contributed by atoms with van der Waals surface area (Å²) in [6, 6.07) is 2.69. The maximum absolute atomic E-state index is 12.1. The number of nitrogens with one attached hydrogen (secondary N) is 1. The predicted molar refractivity (Wildman–Crippen MR) is 73.6 cm³/mol. The van der Waals surface area contributed by atoms with Crippen LogP contribution in [-0.2, 0) is 0 Å². The third kappa shape index (κ3) is 4.66. The number of hydrogen-bond donors (Lipinski definition) is 2. The van der Waals surface area contributed by atoms with Crippen LogP contribution in [0.25, 0.3) is 0 Å². The maximum atomic E-state index is 12.1. The average Bonchev–Trinajstić information content (AvgIpc) is 2.28. The van der Waals surface area contributed by atoms with E-state index in [9.17, 15) is 18.0 Å². The van der Waals surface area contributed by atoms with E-state index in [1.165, 1.54) is 12.1 Å². The Kier molecular flexibility index (Phi) is 5.72. The highest BCUT2D eigenvalue weighted by Gasteiger charge is 2.38. The van der Waals surface area contributed by atoms with E-state index in [1.54, 1.807) is 22.6 Å². The Bertz CT molecular complexity index is 496. The molecule has 0 aromatic heterocycles. The minimum Gasteiger partial charge on any atom is -0.382 e. The lowest BCUT2D eigenvalue weighted by Crippen LogP contribution is -2.40. The van der Waals surface area contributed by atoms with E-state index < -0.39 is 24.7 Å². The lowest BCUT2D eigenvalue weighted by Gasteiger charge is -2.15. The first-order valence-electron chi connectivity index (χ1n) is 4.80. The summed E-state index contributed by atoms with van der Waals surface area (Å²) in [6.07, 6.45) is -7.41. The standard InChI is InChI=1S/C10H7Cl2F3INO2/c11-4-1-5(8(16)6(12)2-4)9(19)17-3-7(18)10(13,14)15/h1-2,7,18H,3H2,(H,17,19). The zero-order valence-corrected chi connectivity index (χ0v) is 12.7. The Labute approximate surface area is 130 Å². The van der Waals surface area contributed by atoms with Gasteiger partial charge < -0.3 is 10.4 Å². The van der Waals surface area contributed by atoms with Crippen LogP contribution >= 0.6 is 45.8 Å². The SMILES string of the molecule is O=C(NCC(O)C(F)(F)F)c1cc(Cl)cc(Cl)c1I. The molecule has 0 saturated carbocycles. The molecule has 1 amide bonds. The number of aliphatic hydroxyl groups excluding tert-OH is 1. The molecule has 19 heavy (non-hydrogen) atoms. The van der Waals surface area contributed by atoms with E-state index in [2.05, 4.69) is 0 Å². The zero-order chi connectivity index (χ0) is 14.8. The summed E-state index contributed by atoms with van der Waals surface area (Å²) in [5, 5.41) is 11.1. The summed E-state index contributed by atoms with van der Waals surface area (Å²) < 4.78 is 36.6. The first-order valence-corrected chi connectivity index (χ1v) is 6.64. The van der Waals surface area contributed by atoms with Crippen molar-refractivity contribution in [3.8, 4) is 0 Å². The zero-order valence-electron chi connectivity index (χ0n) is 9.06. The Morgan fingerprint density at radius 1 is 1.42 bits per heavy atom. The molecule has 9 heteroatoms. The second kappa shape index (κ2) is 6.47. The third-order valence-electron chi connectivity index (χ3n) is 2.07. The van der Waals surface area contributed by atoms with Crippen LogP contribution in [-0.4, -0.2) is 29.8 Å². The molecule has 106 valence electrons. The Morgan fingerprint density at radius 2 is 2.00 bits per heavy atom. The molecule has 0 bridgehead atoms. The number of carbonyl (C=O) groups is 1. The summed E-state index contributed by atoms with van der Waals surface area (Å²) in [7, 11) is 0. The number of benzene rings is 1. The largest absolute Gasteiger partial charge is 0.416 e. The van der Waals surface area contributed by atoms with Crippen molar-refractivity contribution in [2.45, 2.75) is 12.3 Å². The van der Waals surface area contributed by atoms with Gasteiger partial charge in [0.25, 0.3) is 5.91 Å². The van der Waals surface area contributed by atoms with Crippen molar-refractivity contribution in [2.24, 2.45) is 0 Å². The van der Waals surface area contributed by atoms with Crippen LogP contribution in [0.15, 0.2) is 12.1 Å². The van der Waals surface area contributed by atoms with Crippen LogP contribution in [0.3, 0.4) is 0 Å². The number of hydrogen-bond acceptors (Lipinski definition) is 2. The van der Waals surface area contributed by atoms with Gasteiger partial charge in [0, 0.05) is 8.59 Å². The second-order valence-corrected chi connectivity index (χ2v) is 5.44. The van der Waals surface area contributed by atoms with Gasteiger partial charge in [-0.15, -0.1) is 0 Å². The van der Waals surface area contributed by atoms with Gasteiger partial charge in [0.05, 0.1) is 17.1 Å². The summed E-state index contributed by atoms with van der Waals surface area (Å²) in [6.45, 7) is -0.942. The summed E-state index contributed by atoms with van der Waals surface area (Å²) in [5.41, 5.74) is 0.0486. The molecular weight excluding hydrogens is 421 g/mol. The van der Waals surface area contributed by atoms with Crippen molar-refractivity contribution in [3.05, 3.63) is 31.3 Å². The number of halogens is 6. The monoisotopic (exact) mass is 427 g/mol. The van der Waals surface area contributed by atoms with Gasteiger partial charge in [0.15, 0.2) is 6.10 Å². The molecule has 1 aromatic rings. The van der Waals surface area contributed by atoms with Gasteiger partial charge in [-0.05, 0) is 34.7 Å². The summed E-state index contributed by atoms with van der Waals surface area (Å²) in [4.78, 5) is 11.7. The smallest absolute Gasteiger partial charge is 0.382 e. The summed E-state index contributed by atoms with van der Waals surface area (Å²) >= 11 is 13.3. The Hall–Kier alpha value is -0.250. The number of aliphatic hydroxyl groups is 1. The van der Waals surface area contributed by atoms with Gasteiger partial charge in [-0.25, -0.2) is 0 Å². The lowest BCUT2D eigenvalue weighted by molar-refractivity contribution is -0.201. The molecule has 0 aliphatic rings. The van der Waals surface area contributed by atoms with E-state index >= 15 is 0 Å².